The molecule has 0 fully saturated rings. The number of likely N-dealkylation sites (N-methyl/N-ethyl adjacent to an activating group) is 1. The van der Waals surface area contributed by atoms with E-state index >= 15 is 0 Å². The number of carboxylic acids is 2. The lowest BCUT2D eigenvalue weighted by Crippen LogP contribution is -2.40. The first kappa shape index (κ1) is 45.7. The standard InChI is InChI=1S/C38H37F5N4O2.C4H6O6/c1-3-45(4-2)21-22-46(24-27-9-13-28(14-10-27)29-15-17-30(18-16-29)38(41,42)43)36(48)25-47-34-8-6-5-7-31(34)37(49)44-35(47)20-12-26-11-19-32(39)33(40)23-26;5-1(3(7)8)2(6)4(9)10/h5-11,13-19,23H,3-4,12,20-22,24-25H2,1-2H3;1-2,5-6H,(H,7,8)(H,9,10). The van der Waals surface area contributed by atoms with Crippen molar-refractivity contribution in [1.29, 1.82) is 0 Å². The number of aryl methyl sites for hydroxylation is 2. The van der Waals surface area contributed by atoms with Crippen LogP contribution in [-0.4, -0.2) is 96.0 Å². The number of amides is 1. The Hall–Kier alpha value is -6.04. The van der Waals surface area contributed by atoms with Gasteiger partial charge in [0.15, 0.2) is 23.8 Å². The average molecular weight is 827 g/mol. The van der Waals surface area contributed by atoms with Crippen molar-refractivity contribution in [2.24, 2.45) is 0 Å². The van der Waals surface area contributed by atoms with E-state index in [4.69, 9.17) is 20.4 Å². The molecule has 1 heterocycles. The Labute approximate surface area is 335 Å². The predicted molar refractivity (Wildman–Crippen MR) is 207 cm³/mol. The topological polar surface area (TPSA) is 174 Å². The van der Waals surface area contributed by atoms with E-state index in [0.29, 0.717) is 40.9 Å². The summed E-state index contributed by atoms with van der Waals surface area (Å²) in [5, 5.41) is 32.9. The zero-order chi connectivity index (χ0) is 43.4. The van der Waals surface area contributed by atoms with Crippen molar-refractivity contribution in [2.75, 3.05) is 26.2 Å². The molecule has 1 amide bonds. The first-order valence-corrected chi connectivity index (χ1v) is 18.4. The van der Waals surface area contributed by atoms with Crippen molar-refractivity contribution < 1.29 is 56.8 Å². The number of carbonyl (C=O) groups excluding carboxylic acids is 1. The molecule has 314 valence electrons. The zero-order valence-electron chi connectivity index (χ0n) is 32.1. The van der Waals surface area contributed by atoms with E-state index in [9.17, 15) is 41.1 Å². The molecule has 5 aromatic rings. The average Bonchev–Trinajstić information content (AvgIpc) is 3.21. The number of benzene rings is 4. The Kier molecular flexibility index (Phi) is 15.9. The molecular formula is C42H43F5N4O8. The molecule has 0 spiro atoms. The molecule has 5 rings (SSSR count). The van der Waals surface area contributed by atoms with E-state index in [1.165, 1.54) is 18.2 Å². The molecule has 0 bridgehead atoms. The summed E-state index contributed by atoms with van der Waals surface area (Å²) in [6.07, 6.45) is -8.46. The number of halogens is 5. The van der Waals surface area contributed by atoms with Gasteiger partial charge in [0.05, 0.1) is 16.5 Å². The highest BCUT2D eigenvalue weighted by Crippen LogP contribution is 2.31. The van der Waals surface area contributed by atoms with Gasteiger partial charge in [-0.3, -0.25) is 9.59 Å². The van der Waals surface area contributed by atoms with E-state index in [0.717, 1.165) is 48.5 Å². The van der Waals surface area contributed by atoms with E-state index in [-0.39, 0.29) is 31.8 Å². The number of fused-ring (bicyclic) bond motifs is 1. The molecule has 0 saturated heterocycles. The van der Waals surface area contributed by atoms with E-state index < -0.39 is 53.1 Å². The predicted octanol–water partition coefficient (Wildman–Crippen LogP) is 5.39. The Morgan fingerprint density at radius 2 is 1.31 bits per heavy atom. The van der Waals surface area contributed by atoms with Crippen LogP contribution in [0.2, 0.25) is 0 Å². The van der Waals surface area contributed by atoms with Crippen LogP contribution in [-0.2, 0) is 46.5 Å². The van der Waals surface area contributed by atoms with E-state index in [1.54, 1.807) is 33.7 Å². The molecule has 4 aromatic carbocycles. The number of carbonyl (C=O) groups is 3. The molecule has 2 atom stereocenters. The normalized spacial score (nSPS) is 12.4. The van der Waals surface area contributed by atoms with Crippen LogP contribution in [0.1, 0.15) is 36.4 Å². The van der Waals surface area contributed by atoms with Crippen LogP contribution in [0, 0.1) is 11.6 Å². The summed E-state index contributed by atoms with van der Waals surface area (Å²) in [5.41, 5.74) is 2.14. The number of aliphatic hydroxyl groups excluding tert-OH is 2. The highest BCUT2D eigenvalue weighted by molar-refractivity contribution is 5.83. The van der Waals surface area contributed by atoms with Gasteiger partial charge < -0.3 is 34.8 Å². The van der Waals surface area contributed by atoms with Crippen molar-refractivity contribution in [1.82, 2.24) is 19.4 Å². The van der Waals surface area contributed by atoms with Crippen LogP contribution in [0.3, 0.4) is 0 Å². The number of aromatic nitrogens is 2. The SMILES string of the molecule is CCN(CC)CCN(Cc1ccc(-c2ccc(C(F)(F)F)cc2)cc1)C(=O)Cn1c(CCc2ccc(F)c(F)c2)nc(=O)c2ccccc21.O=C(O)C(O)C(O)C(=O)O. The molecule has 17 heteroatoms. The van der Waals surface area contributed by atoms with E-state index in [2.05, 4.69) is 9.88 Å². The largest absolute Gasteiger partial charge is 0.479 e. The third kappa shape index (κ3) is 12.5. The summed E-state index contributed by atoms with van der Waals surface area (Å²) in [7, 11) is 0. The van der Waals surface area contributed by atoms with Crippen LogP contribution in [0.5, 0.6) is 0 Å². The fourth-order valence-electron chi connectivity index (χ4n) is 6.06. The number of para-hydroxylation sites is 1. The summed E-state index contributed by atoms with van der Waals surface area (Å²) < 4.78 is 68.2. The first-order chi connectivity index (χ1) is 27.9. The van der Waals surface area contributed by atoms with Gasteiger partial charge in [-0.25, -0.2) is 18.4 Å². The fraction of sp³-hybridized carbons (Fsp3) is 0.310. The third-order valence-electron chi connectivity index (χ3n) is 9.49. The van der Waals surface area contributed by atoms with Crippen LogP contribution in [0.4, 0.5) is 22.0 Å². The van der Waals surface area contributed by atoms with E-state index in [1.807, 2.05) is 38.1 Å². The van der Waals surface area contributed by atoms with Gasteiger partial charge >= 0.3 is 18.1 Å². The van der Waals surface area contributed by atoms with Gasteiger partial charge in [-0.1, -0.05) is 68.4 Å². The minimum atomic E-state index is -4.41. The van der Waals surface area contributed by atoms with Crippen LogP contribution >= 0.6 is 0 Å². The highest BCUT2D eigenvalue weighted by atomic mass is 19.4. The maximum Gasteiger partial charge on any atom is 0.416 e. The van der Waals surface area contributed by atoms with Gasteiger partial charge in [0, 0.05) is 26.1 Å². The van der Waals surface area contributed by atoms with Crippen LogP contribution < -0.4 is 5.56 Å². The number of hydrogen-bond acceptors (Lipinski definition) is 8. The number of nitrogens with zero attached hydrogens (tertiary/aromatic N) is 4. The Balaban J connectivity index is 0.000000680. The summed E-state index contributed by atoms with van der Waals surface area (Å²) in [4.78, 5) is 54.9. The van der Waals surface area contributed by atoms with Crippen molar-refractivity contribution >= 4 is 28.7 Å². The van der Waals surface area contributed by atoms with Crippen molar-refractivity contribution in [3.63, 3.8) is 0 Å². The Bertz CT molecular complexity index is 2260. The second-order valence-electron chi connectivity index (χ2n) is 13.4. The van der Waals surface area contributed by atoms with Crippen molar-refractivity contribution in [3.8, 4) is 11.1 Å². The summed E-state index contributed by atoms with van der Waals surface area (Å²) >= 11 is 0. The molecule has 0 saturated carbocycles. The molecule has 0 aliphatic heterocycles. The van der Waals surface area contributed by atoms with Gasteiger partial charge in [0.1, 0.15) is 12.4 Å². The van der Waals surface area contributed by atoms with Crippen LogP contribution in [0.25, 0.3) is 22.0 Å². The molecule has 59 heavy (non-hydrogen) atoms. The van der Waals surface area contributed by atoms with Crippen molar-refractivity contribution in [3.05, 3.63) is 135 Å². The molecule has 2 unspecified atom stereocenters. The van der Waals surface area contributed by atoms with Crippen molar-refractivity contribution in [2.45, 2.75) is 58.2 Å². The lowest BCUT2D eigenvalue weighted by molar-refractivity contribution is -0.165. The molecule has 4 N–H and O–H groups in total. The van der Waals surface area contributed by atoms with Gasteiger partial charge in [-0.15, -0.1) is 0 Å². The second-order valence-corrected chi connectivity index (χ2v) is 13.4. The Morgan fingerprint density at radius 3 is 1.85 bits per heavy atom. The number of aliphatic hydroxyl groups is 2. The molecule has 0 radical (unpaired) electrons. The summed E-state index contributed by atoms with van der Waals surface area (Å²) in [6, 6.07) is 22.9. The van der Waals surface area contributed by atoms with Gasteiger partial charge in [-0.05, 0) is 78.2 Å². The molecular weight excluding hydrogens is 783 g/mol. The smallest absolute Gasteiger partial charge is 0.416 e. The van der Waals surface area contributed by atoms with Gasteiger partial charge in [-0.2, -0.15) is 18.2 Å². The molecule has 0 aliphatic carbocycles. The quantitative estimate of drug-likeness (QED) is 0.0945. The molecule has 0 aliphatic rings. The van der Waals surface area contributed by atoms with Crippen LogP contribution in [0.15, 0.2) is 95.8 Å². The lowest BCUT2D eigenvalue weighted by Gasteiger charge is -2.28. The third-order valence-corrected chi connectivity index (χ3v) is 9.49. The minimum absolute atomic E-state index is 0.108. The second kappa shape index (κ2) is 20.6. The zero-order valence-corrected chi connectivity index (χ0v) is 32.1. The first-order valence-electron chi connectivity index (χ1n) is 18.4. The summed E-state index contributed by atoms with van der Waals surface area (Å²) in [5.74, 6) is -5.30. The molecule has 1 aromatic heterocycles. The maximum atomic E-state index is 14.1. The summed E-state index contributed by atoms with van der Waals surface area (Å²) in [6.45, 7) is 6.95. The number of alkyl halides is 3. The van der Waals surface area contributed by atoms with Gasteiger partial charge in [0.2, 0.25) is 5.91 Å². The number of carboxylic acid groups (broad SMARTS) is 2. The number of aliphatic carboxylic acids is 2. The fourth-order valence-corrected chi connectivity index (χ4v) is 6.06. The number of hydrogen-bond donors (Lipinski definition) is 4. The minimum Gasteiger partial charge on any atom is -0.479 e. The Morgan fingerprint density at radius 1 is 0.746 bits per heavy atom. The molecule has 12 nitrogen and oxygen atoms in total. The monoisotopic (exact) mass is 826 g/mol. The highest BCUT2D eigenvalue weighted by Gasteiger charge is 2.30. The number of rotatable bonds is 16. The maximum absolute atomic E-state index is 14.1. The lowest BCUT2D eigenvalue weighted by atomic mass is 10.0. The van der Waals surface area contributed by atoms with Gasteiger partial charge in [0.25, 0.3) is 5.56 Å².